The highest BCUT2D eigenvalue weighted by Crippen LogP contribution is 2.16. The summed E-state index contributed by atoms with van der Waals surface area (Å²) in [5, 5.41) is 0. The van der Waals surface area contributed by atoms with E-state index >= 15 is 0 Å². The minimum absolute atomic E-state index is 0.0361. The fourth-order valence-electron chi connectivity index (χ4n) is 1.64. The van der Waals surface area contributed by atoms with E-state index < -0.39 is 0 Å². The Bertz CT molecular complexity index is 561. The van der Waals surface area contributed by atoms with Crippen molar-refractivity contribution in [2.45, 2.75) is 19.6 Å². The molecule has 86 valence electrons. The average Bonchev–Trinajstić information content (AvgIpc) is 2.55. The van der Waals surface area contributed by atoms with Gasteiger partial charge < -0.3 is 14.3 Å². The minimum Gasteiger partial charge on any atom is -0.380 e. The number of methoxy groups -OCH3 is 1. The molecular formula is C11H13FN2OS. The van der Waals surface area contributed by atoms with Gasteiger partial charge in [0, 0.05) is 7.11 Å². The smallest absolute Gasteiger partial charge is 0.178 e. The molecule has 5 heteroatoms. The number of imidazole rings is 1. The Morgan fingerprint density at radius 3 is 3.00 bits per heavy atom. The van der Waals surface area contributed by atoms with Gasteiger partial charge in [0.2, 0.25) is 0 Å². The van der Waals surface area contributed by atoms with Crippen molar-refractivity contribution in [1.29, 1.82) is 0 Å². The van der Waals surface area contributed by atoms with Crippen molar-refractivity contribution in [2.24, 2.45) is 0 Å². The van der Waals surface area contributed by atoms with E-state index in [4.69, 9.17) is 17.0 Å². The number of hydrogen-bond acceptors (Lipinski definition) is 2. The van der Waals surface area contributed by atoms with Gasteiger partial charge in [-0.1, -0.05) is 0 Å². The van der Waals surface area contributed by atoms with Crippen molar-refractivity contribution >= 4 is 23.3 Å². The Hall–Kier alpha value is -1.20. The zero-order valence-corrected chi connectivity index (χ0v) is 9.97. The lowest BCUT2D eigenvalue weighted by atomic mass is 10.3. The van der Waals surface area contributed by atoms with Crippen LogP contribution in [0.4, 0.5) is 4.39 Å². The van der Waals surface area contributed by atoms with Crippen LogP contribution >= 0.6 is 12.2 Å². The number of benzene rings is 1. The molecular weight excluding hydrogens is 227 g/mol. The van der Waals surface area contributed by atoms with Crippen LogP contribution in [0.2, 0.25) is 0 Å². The van der Waals surface area contributed by atoms with Crippen LogP contribution in [0.3, 0.4) is 0 Å². The summed E-state index contributed by atoms with van der Waals surface area (Å²) in [6, 6.07) is 4.58. The normalized spacial score (nSPS) is 13.2. The van der Waals surface area contributed by atoms with Crippen LogP contribution in [0.1, 0.15) is 6.92 Å². The molecule has 1 aromatic carbocycles. The van der Waals surface area contributed by atoms with Crippen LogP contribution in [-0.2, 0) is 11.3 Å². The number of ether oxygens (including phenoxy) is 1. The Labute approximate surface area is 97.8 Å². The third-order valence-corrected chi connectivity index (χ3v) is 2.90. The van der Waals surface area contributed by atoms with Gasteiger partial charge in [-0.25, -0.2) is 4.39 Å². The van der Waals surface area contributed by atoms with E-state index in [9.17, 15) is 4.39 Å². The molecule has 0 fully saturated rings. The molecule has 1 unspecified atom stereocenters. The molecule has 0 bridgehead atoms. The number of halogens is 1. The van der Waals surface area contributed by atoms with E-state index in [0.29, 0.717) is 11.3 Å². The van der Waals surface area contributed by atoms with E-state index in [1.54, 1.807) is 13.2 Å². The zero-order valence-electron chi connectivity index (χ0n) is 9.16. The number of hydrogen-bond donors (Lipinski definition) is 1. The van der Waals surface area contributed by atoms with Gasteiger partial charge in [-0.15, -0.1) is 0 Å². The Morgan fingerprint density at radius 2 is 2.31 bits per heavy atom. The summed E-state index contributed by atoms with van der Waals surface area (Å²) >= 11 is 5.19. The summed E-state index contributed by atoms with van der Waals surface area (Å²) in [5.74, 6) is -0.264. The number of H-pyrrole nitrogens is 1. The third kappa shape index (κ3) is 2.01. The van der Waals surface area contributed by atoms with Gasteiger partial charge in [0.1, 0.15) is 5.82 Å². The largest absolute Gasteiger partial charge is 0.380 e. The minimum atomic E-state index is -0.264. The maximum absolute atomic E-state index is 13.2. The van der Waals surface area contributed by atoms with E-state index in [-0.39, 0.29) is 11.9 Å². The first kappa shape index (κ1) is 11.3. The van der Waals surface area contributed by atoms with Crippen molar-refractivity contribution < 1.29 is 9.13 Å². The Morgan fingerprint density at radius 1 is 1.56 bits per heavy atom. The molecule has 0 aliphatic carbocycles. The van der Waals surface area contributed by atoms with E-state index in [2.05, 4.69) is 4.98 Å². The topological polar surface area (TPSA) is 29.9 Å². The molecule has 0 aliphatic rings. The predicted molar refractivity (Wildman–Crippen MR) is 63.6 cm³/mol. The first-order chi connectivity index (χ1) is 7.61. The number of aromatic amines is 1. The monoisotopic (exact) mass is 240 g/mol. The maximum atomic E-state index is 13.2. The van der Waals surface area contributed by atoms with Crippen molar-refractivity contribution in [1.82, 2.24) is 9.55 Å². The number of aromatic nitrogens is 2. The van der Waals surface area contributed by atoms with Gasteiger partial charge in [0.25, 0.3) is 0 Å². The van der Waals surface area contributed by atoms with E-state index in [0.717, 1.165) is 11.0 Å². The molecule has 0 aliphatic heterocycles. The molecule has 0 amide bonds. The van der Waals surface area contributed by atoms with Gasteiger partial charge in [0.05, 0.1) is 23.7 Å². The van der Waals surface area contributed by atoms with E-state index in [1.807, 2.05) is 11.5 Å². The van der Waals surface area contributed by atoms with Crippen LogP contribution < -0.4 is 0 Å². The second-order valence-electron chi connectivity index (χ2n) is 3.75. The summed E-state index contributed by atoms with van der Waals surface area (Å²) in [5.41, 5.74) is 1.61. The molecule has 16 heavy (non-hydrogen) atoms. The zero-order chi connectivity index (χ0) is 11.7. The van der Waals surface area contributed by atoms with Crippen molar-refractivity contribution in [3.05, 3.63) is 28.8 Å². The molecule has 0 saturated carbocycles. The first-order valence-corrected chi connectivity index (χ1v) is 5.43. The lowest BCUT2D eigenvalue weighted by Gasteiger charge is -2.10. The highest BCUT2D eigenvalue weighted by atomic mass is 32.1. The lowest BCUT2D eigenvalue weighted by molar-refractivity contribution is 0.104. The molecule has 2 aromatic rings. The van der Waals surface area contributed by atoms with Crippen molar-refractivity contribution in [3.63, 3.8) is 0 Å². The third-order valence-electron chi connectivity index (χ3n) is 2.58. The molecule has 1 heterocycles. The van der Waals surface area contributed by atoms with Crippen LogP contribution in [0, 0.1) is 10.6 Å². The summed E-state index contributed by atoms with van der Waals surface area (Å²) in [6.07, 6.45) is 0.0361. The molecule has 1 aromatic heterocycles. The fourth-order valence-corrected chi connectivity index (χ4v) is 1.92. The van der Waals surface area contributed by atoms with Crippen LogP contribution in [-0.4, -0.2) is 22.8 Å². The standard InChI is InChI=1S/C11H13FN2OS/c1-7(15-2)6-14-10-5-8(12)3-4-9(10)13-11(14)16/h3-5,7H,6H2,1-2H3,(H,13,16). The Balaban J connectivity index is 2.54. The van der Waals surface area contributed by atoms with Crippen LogP contribution in [0.5, 0.6) is 0 Å². The molecule has 0 spiro atoms. The molecule has 0 saturated heterocycles. The molecule has 0 radical (unpaired) electrons. The molecule has 1 N–H and O–H groups in total. The number of nitrogens with one attached hydrogen (secondary N) is 1. The average molecular weight is 240 g/mol. The Kier molecular flexibility index (Phi) is 3.07. The second-order valence-corrected chi connectivity index (χ2v) is 4.14. The number of rotatable bonds is 3. The van der Waals surface area contributed by atoms with Gasteiger partial charge in [0.15, 0.2) is 4.77 Å². The summed E-state index contributed by atoms with van der Waals surface area (Å²) < 4.78 is 20.8. The highest BCUT2D eigenvalue weighted by Gasteiger charge is 2.08. The molecule has 1 atom stereocenters. The first-order valence-electron chi connectivity index (χ1n) is 5.02. The molecule has 2 rings (SSSR count). The van der Waals surface area contributed by atoms with Crippen molar-refractivity contribution in [3.8, 4) is 0 Å². The fraction of sp³-hybridized carbons (Fsp3) is 0.364. The second kappa shape index (κ2) is 4.35. The van der Waals surface area contributed by atoms with Gasteiger partial charge in [-0.3, -0.25) is 0 Å². The van der Waals surface area contributed by atoms with Gasteiger partial charge in [-0.05, 0) is 37.3 Å². The summed E-state index contributed by atoms with van der Waals surface area (Å²) in [4.78, 5) is 3.04. The van der Waals surface area contributed by atoms with Crippen LogP contribution in [0.15, 0.2) is 18.2 Å². The van der Waals surface area contributed by atoms with Crippen LogP contribution in [0.25, 0.3) is 11.0 Å². The number of fused-ring (bicyclic) bond motifs is 1. The maximum Gasteiger partial charge on any atom is 0.178 e. The lowest BCUT2D eigenvalue weighted by Crippen LogP contribution is -2.14. The highest BCUT2D eigenvalue weighted by molar-refractivity contribution is 7.71. The summed E-state index contributed by atoms with van der Waals surface area (Å²) in [6.45, 7) is 2.55. The number of nitrogens with zero attached hydrogens (tertiary/aromatic N) is 1. The SMILES string of the molecule is COC(C)Cn1c(=S)[nH]c2ccc(F)cc21. The quantitative estimate of drug-likeness (QED) is 0.836. The predicted octanol–water partition coefficient (Wildman–Crippen LogP) is 2.87. The van der Waals surface area contributed by atoms with Crippen molar-refractivity contribution in [2.75, 3.05) is 7.11 Å². The molecule has 3 nitrogen and oxygen atoms in total. The van der Waals surface area contributed by atoms with E-state index in [1.165, 1.54) is 12.1 Å². The van der Waals surface area contributed by atoms with Gasteiger partial charge in [-0.2, -0.15) is 0 Å². The summed E-state index contributed by atoms with van der Waals surface area (Å²) in [7, 11) is 1.64. The van der Waals surface area contributed by atoms with Gasteiger partial charge >= 0.3 is 0 Å².